The maximum absolute atomic E-state index is 13.1. The van der Waals surface area contributed by atoms with E-state index in [4.69, 9.17) is 16.3 Å². The minimum absolute atomic E-state index is 0.0301. The van der Waals surface area contributed by atoms with Gasteiger partial charge in [0, 0.05) is 35.9 Å². The second-order valence-electron chi connectivity index (χ2n) is 7.54. The van der Waals surface area contributed by atoms with E-state index in [9.17, 15) is 9.90 Å². The Hall–Kier alpha value is -2.00. The number of aliphatic hydroxyl groups is 1. The molecular weight excluding hydrogens is 376 g/mol. The van der Waals surface area contributed by atoms with Crippen molar-refractivity contribution in [2.75, 3.05) is 32.8 Å². The zero-order chi connectivity index (χ0) is 19.6. The summed E-state index contributed by atoms with van der Waals surface area (Å²) in [6, 6.07) is 7.37. The Morgan fingerprint density at radius 2 is 2.00 bits per heavy atom. The third-order valence-corrected chi connectivity index (χ3v) is 5.92. The number of allylic oxidation sites excluding steroid dienone is 1. The number of benzene rings is 1. The molecule has 1 unspecified atom stereocenters. The molecule has 5 nitrogen and oxygen atoms in total. The second-order valence-corrected chi connectivity index (χ2v) is 7.97. The molecule has 6 heteroatoms. The molecule has 0 saturated carbocycles. The number of carbonyl (C=O) groups excluding carboxylic acids is 1. The van der Waals surface area contributed by atoms with Crippen LogP contribution >= 0.6 is 11.6 Å². The summed E-state index contributed by atoms with van der Waals surface area (Å²) in [4.78, 5) is 16.8. The first-order valence-corrected chi connectivity index (χ1v) is 10.3. The van der Waals surface area contributed by atoms with Crippen LogP contribution in [0.25, 0.3) is 0 Å². The van der Waals surface area contributed by atoms with Gasteiger partial charge in [0.1, 0.15) is 5.60 Å². The number of rotatable bonds is 0. The average Bonchev–Trinajstić information content (AvgIpc) is 2.73. The highest BCUT2D eigenvalue weighted by Gasteiger charge is 2.40. The van der Waals surface area contributed by atoms with Gasteiger partial charge in [0.2, 0.25) is 0 Å². The Kier molecular flexibility index (Phi) is 5.63. The van der Waals surface area contributed by atoms with Crippen LogP contribution in [0.1, 0.15) is 37.7 Å². The van der Waals surface area contributed by atoms with Crippen molar-refractivity contribution in [3.05, 3.63) is 46.1 Å². The molecule has 4 rings (SSSR count). The number of hydrogen-bond donors (Lipinski definition) is 1. The van der Waals surface area contributed by atoms with E-state index in [1.165, 1.54) is 0 Å². The molecule has 1 aliphatic carbocycles. The van der Waals surface area contributed by atoms with E-state index in [-0.39, 0.29) is 6.03 Å². The summed E-state index contributed by atoms with van der Waals surface area (Å²) < 4.78 is 5.37. The lowest BCUT2D eigenvalue weighted by atomic mass is 9.77. The number of halogens is 1. The Bertz CT molecular complexity index is 851. The number of ether oxygens (including phenoxy) is 1. The van der Waals surface area contributed by atoms with Gasteiger partial charge in [0.05, 0.1) is 13.2 Å². The summed E-state index contributed by atoms with van der Waals surface area (Å²) in [5, 5.41) is 12.0. The van der Waals surface area contributed by atoms with E-state index in [0.29, 0.717) is 44.3 Å². The van der Waals surface area contributed by atoms with Crippen molar-refractivity contribution in [2.45, 2.75) is 37.7 Å². The summed E-state index contributed by atoms with van der Waals surface area (Å²) in [5.41, 5.74) is 1.49. The van der Waals surface area contributed by atoms with Crippen LogP contribution < -0.4 is 0 Å². The van der Waals surface area contributed by atoms with E-state index >= 15 is 0 Å². The highest BCUT2D eigenvalue weighted by atomic mass is 35.5. The van der Waals surface area contributed by atoms with Crippen molar-refractivity contribution in [3.8, 4) is 11.8 Å². The standard InChI is InChI=1S/C22H25ClN2O3/c23-18-5-1-4-17(16-18)8-10-22(27)9-2-7-20-19(22)6-3-11-25(20)21(26)24-12-14-28-15-13-24/h1,4-5,16,27H,2-3,6-7,9,11-15H2. The largest absolute Gasteiger partial charge is 0.378 e. The van der Waals surface area contributed by atoms with Crippen LogP contribution in [0.4, 0.5) is 4.79 Å². The normalized spacial score (nSPS) is 25.1. The molecule has 0 radical (unpaired) electrons. The van der Waals surface area contributed by atoms with Crippen LogP contribution in [0.2, 0.25) is 5.02 Å². The van der Waals surface area contributed by atoms with Gasteiger partial charge in [0.15, 0.2) is 0 Å². The Labute approximate surface area is 170 Å². The third kappa shape index (κ3) is 3.91. The molecule has 1 atom stereocenters. The zero-order valence-corrected chi connectivity index (χ0v) is 16.7. The fraction of sp³-hybridized carbons (Fsp3) is 0.500. The van der Waals surface area contributed by atoms with Gasteiger partial charge < -0.3 is 14.7 Å². The first-order chi connectivity index (χ1) is 13.6. The summed E-state index contributed by atoms with van der Waals surface area (Å²) in [6.45, 7) is 3.11. The van der Waals surface area contributed by atoms with Crippen molar-refractivity contribution in [3.63, 3.8) is 0 Å². The quantitative estimate of drug-likeness (QED) is 0.679. The third-order valence-electron chi connectivity index (χ3n) is 5.68. The number of amides is 2. The van der Waals surface area contributed by atoms with Crippen molar-refractivity contribution in [2.24, 2.45) is 0 Å². The van der Waals surface area contributed by atoms with Gasteiger partial charge in [-0.15, -0.1) is 0 Å². The predicted molar refractivity (Wildman–Crippen MR) is 108 cm³/mol. The number of nitrogens with zero attached hydrogens (tertiary/aromatic N) is 2. The molecule has 1 N–H and O–H groups in total. The van der Waals surface area contributed by atoms with Gasteiger partial charge in [-0.25, -0.2) is 4.79 Å². The van der Waals surface area contributed by atoms with Crippen molar-refractivity contribution >= 4 is 17.6 Å². The molecule has 0 aromatic heterocycles. The van der Waals surface area contributed by atoms with Crippen molar-refractivity contribution in [1.82, 2.24) is 9.80 Å². The Balaban J connectivity index is 1.63. The van der Waals surface area contributed by atoms with Gasteiger partial charge in [-0.3, -0.25) is 4.90 Å². The smallest absolute Gasteiger partial charge is 0.324 e. The SMILES string of the molecule is O=C(N1CCOCC1)N1CCCC2=C1CCCC2(O)C#Cc1cccc(Cl)c1. The topological polar surface area (TPSA) is 53.0 Å². The predicted octanol–water partition coefficient (Wildman–Crippen LogP) is 3.41. The minimum Gasteiger partial charge on any atom is -0.378 e. The molecule has 3 aliphatic rings. The second kappa shape index (κ2) is 8.16. The van der Waals surface area contributed by atoms with E-state index in [1.54, 1.807) is 12.1 Å². The van der Waals surface area contributed by atoms with E-state index in [1.807, 2.05) is 21.9 Å². The average molecular weight is 401 g/mol. The first-order valence-electron chi connectivity index (χ1n) is 9.95. The maximum Gasteiger partial charge on any atom is 0.324 e. The molecule has 2 amide bonds. The molecule has 2 heterocycles. The van der Waals surface area contributed by atoms with Crippen molar-refractivity contribution in [1.29, 1.82) is 0 Å². The first kappa shape index (κ1) is 19.3. The Morgan fingerprint density at radius 1 is 1.18 bits per heavy atom. The lowest BCUT2D eigenvalue weighted by Crippen LogP contribution is -2.51. The fourth-order valence-electron chi connectivity index (χ4n) is 4.27. The van der Waals surface area contributed by atoms with Crippen molar-refractivity contribution < 1.29 is 14.6 Å². The molecule has 1 fully saturated rings. The lowest BCUT2D eigenvalue weighted by molar-refractivity contribution is 0.0428. The number of morpholine rings is 1. The molecule has 2 aliphatic heterocycles. The summed E-state index contributed by atoms with van der Waals surface area (Å²) in [7, 11) is 0. The van der Waals surface area contributed by atoms with Crippen LogP contribution in [0.15, 0.2) is 35.5 Å². The molecule has 0 bridgehead atoms. The molecule has 28 heavy (non-hydrogen) atoms. The lowest BCUT2D eigenvalue weighted by Gasteiger charge is -2.42. The molecule has 0 spiro atoms. The molecular formula is C22H25ClN2O3. The fourth-order valence-corrected chi connectivity index (χ4v) is 4.46. The van der Waals surface area contributed by atoms with E-state index in [0.717, 1.165) is 42.5 Å². The van der Waals surface area contributed by atoms with Gasteiger partial charge in [0.25, 0.3) is 0 Å². The monoisotopic (exact) mass is 400 g/mol. The summed E-state index contributed by atoms with van der Waals surface area (Å²) in [5.74, 6) is 6.18. The molecule has 1 saturated heterocycles. The minimum atomic E-state index is -1.18. The van der Waals surface area contributed by atoms with Crippen LogP contribution in [0, 0.1) is 11.8 Å². The maximum atomic E-state index is 13.1. The molecule has 148 valence electrons. The van der Waals surface area contributed by atoms with E-state index < -0.39 is 5.60 Å². The van der Waals surface area contributed by atoms with Gasteiger partial charge in [-0.2, -0.15) is 0 Å². The van der Waals surface area contributed by atoms with Crippen LogP contribution in [-0.2, 0) is 4.74 Å². The molecule has 1 aromatic rings. The number of carbonyl (C=O) groups is 1. The highest BCUT2D eigenvalue weighted by Crippen LogP contribution is 2.40. The summed E-state index contributed by atoms with van der Waals surface area (Å²) in [6.07, 6.45) is 3.84. The van der Waals surface area contributed by atoms with Gasteiger partial charge in [-0.05, 0) is 55.9 Å². The highest BCUT2D eigenvalue weighted by molar-refractivity contribution is 6.30. The summed E-state index contributed by atoms with van der Waals surface area (Å²) >= 11 is 6.04. The van der Waals surface area contributed by atoms with Gasteiger partial charge in [-0.1, -0.05) is 29.5 Å². The Morgan fingerprint density at radius 3 is 2.79 bits per heavy atom. The number of urea groups is 1. The zero-order valence-electron chi connectivity index (χ0n) is 15.9. The van der Waals surface area contributed by atoms with Crippen LogP contribution in [0.3, 0.4) is 0 Å². The molecule has 1 aromatic carbocycles. The number of hydrogen-bond acceptors (Lipinski definition) is 3. The van der Waals surface area contributed by atoms with Crippen LogP contribution in [-0.4, -0.2) is 59.4 Å². The van der Waals surface area contributed by atoms with Crippen LogP contribution in [0.5, 0.6) is 0 Å². The van der Waals surface area contributed by atoms with E-state index in [2.05, 4.69) is 11.8 Å². The van der Waals surface area contributed by atoms with Gasteiger partial charge >= 0.3 is 6.03 Å².